The number of nitrogens with zero attached hydrogens (tertiary/aromatic N) is 4. The van der Waals surface area contributed by atoms with E-state index in [1.165, 1.54) is 12.1 Å². The van der Waals surface area contributed by atoms with Crippen LogP contribution in [0.5, 0.6) is 0 Å². The molecule has 7 heteroatoms. The first kappa shape index (κ1) is 15.6. The Morgan fingerprint density at radius 2 is 1.65 bits per heavy atom. The molecule has 4 aromatic rings. The van der Waals surface area contributed by atoms with Crippen LogP contribution in [-0.2, 0) is 0 Å². The van der Waals surface area contributed by atoms with Crippen LogP contribution >= 0.6 is 0 Å². The van der Waals surface area contributed by atoms with Gasteiger partial charge in [-0.3, -0.25) is 10.1 Å². The Morgan fingerprint density at radius 1 is 0.885 bits per heavy atom. The lowest BCUT2D eigenvalue weighted by Gasteiger charge is -2.10. The summed E-state index contributed by atoms with van der Waals surface area (Å²) in [5, 5.41) is 14.8. The van der Waals surface area contributed by atoms with Crippen molar-refractivity contribution in [3.63, 3.8) is 0 Å². The fourth-order valence-electron chi connectivity index (χ4n) is 2.58. The molecule has 0 bridgehead atoms. The van der Waals surface area contributed by atoms with E-state index in [0.29, 0.717) is 23.0 Å². The maximum Gasteiger partial charge on any atom is 0.269 e. The van der Waals surface area contributed by atoms with Gasteiger partial charge in [-0.2, -0.15) is 0 Å². The molecule has 7 nitrogen and oxygen atoms in total. The number of nitrogens with one attached hydrogen (secondary N) is 1. The SMILES string of the molecule is O=[N+]([O-])c1ccc(Nc2nc(-c3ccccc3)nc3ncccc23)cc1. The number of non-ortho nitro benzene ring substituents is 1. The fraction of sp³-hybridized carbons (Fsp3) is 0. The number of aromatic nitrogens is 3. The summed E-state index contributed by atoms with van der Waals surface area (Å²) in [6.45, 7) is 0. The monoisotopic (exact) mass is 343 g/mol. The first-order chi connectivity index (χ1) is 12.7. The lowest BCUT2D eigenvalue weighted by molar-refractivity contribution is -0.384. The predicted molar refractivity (Wildman–Crippen MR) is 99.1 cm³/mol. The van der Waals surface area contributed by atoms with Crippen LogP contribution in [0.3, 0.4) is 0 Å². The van der Waals surface area contributed by atoms with E-state index in [2.05, 4.69) is 20.3 Å². The second-order valence-corrected chi connectivity index (χ2v) is 5.57. The van der Waals surface area contributed by atoms with Crippen molar-refractivity contribution in [1.82, 2.24) is 15.0 Å². The van der Waals surface area contributed by atoms with E-state index in [1.807, 2.05) is 42.5 Å². The van der Waals surface area contributed by atoms with Gasteiger partial charge in [-0.1, -0.05) is 30.3 Å². The number of nitro benzene ring substituents is 1. The van der Waals surface area contributed by atoms with Gasteiger partial charge in [0.15, 0.2) is 11.5 Å². The van der Waals surface area contributed by atoms with Gasteiger partial charge in [0, 0.05) is 29.6 Å². The molecule has 0 atom stereocenters. The molecule has 0 unspecified atom stereocenters. The molecule has 0 saturated carbocycles. The number of rotatable bonds is 4. The molecule has 4 rings (SSSR count). The Kier molecular flexibility index (Phi) is 3.95. The molecule has 2 heterocycles. The Bertz CT molecular complexity index is 1080. The highest BCUT2D eigenvalue weighted by molar-refractivity contribution is 5.89. The molecule has 126 valence electrons. The van der Waals surface area contributed by atoms with Crippen molar-refractivity contribution in [3.05, 3.63) is 83.0 Å². The molecule has 0 aliphatic heterocycles. The average molecular weight is 343 g/mol. The zero-order valence-electron chi connectivity index (χ0n) is 13.5. The summed E-state index contributed by atoms with van der Waals surface area (Å²) in [5.41, 5.74) is 2.19. The third-order valence-corrected chi connectivity index (χ3v) is 3.84. The van der Waals surface area contributed by atoms with Gasteiger partial charge in [0.1, 0.15) is 5.82 Å². The smallest absolute Gasteiger partial charge is 0.269 e. The van der Waals surface area contributed by atoms with Crippen LogP contribution in [0.2, 0.25) is 0 Å². The van der Waals surface area contributed by atoms with Crippen LogP contribution in [0.25, 0.3) is 22.4 Å². The van der Waals surface area contributed by atoms with Gasteiger partial charge in [-0.25, -0.2) is 15.0 Å². The van der Waals surface area contributed by atoms with E-state index in [-0.39, 0.29) is 5.69 Å². The van der Waals surface area contributed by atoms with E-state index < -0.39 is 4.92 Å². The average Bonchev–Trinajstić information content (AvgIpc) is 2.69. The number of hydrogen-bond acceptors (Lipinski definition) is 6. The standard InChI is InChI=1S/C19H13N5O2/c25-24(26)15-10-8-14(9-11-15)21-19-16-7-4-12-20-18(16)22-17(23-19)13-5-2-1-3-6-13/h1-12H,(H,20,21,22,23). The van der Waals surface area contributed by atoms with E-state index in [4.69, 9.17) is 0 Å². The molecule has 26 heavy (non-hydrogen) atoms. The van der Waals surface area contributed by atoms with Crippen molar-refractivity contribution in [2.75, 3.05) is 5.32 Å². The summed E-state index contributed by atoms with van der Waals surface area (Å²) in [6.07, 6.45) is 1.68. The normalized spacial score (nSPS) is 10.6. The highest BCUT2D eigenvalue weighted by Gasteiger charge is 2.11. The molecular formula is C19H13N5O2. The minimum Gasteiger partial charge on any atom is -0.340 e. The van der Waals surface area contributed by atoms with Crippen LogP contribution in [0, 0.1) is 10.1 Å². The summed E-state index contributed by atoms with van der Waals surface area (Å²) >= 11 is 0. The maximum atomic E-state index is 10.8. The van der Waals surface area contributed by atoms with E-state index in [1.54, 1.807) is 18.3 Å². The zero-order chi connectivity index (χ0) is 17.9. The van der Waals surface area contributed by atoms with Crippen LogP contribution < -0.4 is 5.32 Å². The highest BCUT2D eigenvalue weighted by Crippen LogP contribution is 2.27. The third-order valence-electron chi connectivity index (χ3n) is 3.84. The number of fused-ring (bicyclic) bond motifs is 1. The molecule has 0 aliphatic rings. The quantitative estimate of drug-likeness (QED) is 0.437. The highest BCUT2D eigenvalue weighted by atomic mass is 16.6. The lowest BCUT2D eigenvalue weighted by Crippen LogP contribution is -2.00. The molecule has 0 spiro atoms. The minimum absolute atomic E-state index is 0.0368. The van der Waals surface area contributed by atoms with Crippen molar-refractivity contribution in [2.45, 2.75) is 0 Å². The summed E-state index contributed by atoms with van der Waals surface area (Å²) in [5.74, 6) is 1.15. The van der Waals surface area contributed by atoms with Crippen LogP contribution in [0.15, 0.2) is 72.9 Å². The van der Waals surface area contributed by atoms with Crippen molar-refractivity contribution in [2.24, 2.45) is 0 Å². The van der Waals surface area contributed by atoms with Gasteiger partial charge in [0.05, 0.1) is 10.3 Å². The van der Waals surface area contributed by atoms with E-state index in [0.717, 1.165) is 10.9 Å². The Balaban J connectivity index is 1.79. The first-order valence-electron chi connectivity index (χ1n) is 7.90. The van der Waals surface area contributed by atoms with Gasteiger partial charge in [-0.15, -0.1) is 0 Å². The number of nitro groups is 1. The van der Waals surface area contributed by atoms with Crippen molar-refractivity contribution in [3.8, 4) is 11.4 Å². The molecule has 0 fully saturated rings. The number of hydrogen-bond donors (Lipinski definition) is 1. The second-order valence-electron chi connectivity index (χ2n) is 5.57. The molecule has 2 aromatic heterocycles. The third kappa shape index (κ3) is 3.05. The van der Waals surface area contributed by atoms with Crippen molar-refractivity contribution < 1.29 is 4.92 Å². The minimum atomic E-state index is -0.429. The summed E-state index contributed by atoms with van der Waals surface area (Å²) in [7, 11) is 0. The number of pyridine rings is 1. The number of benzene rings is 2. The van der Waals surface area contributed by atoms with E-state index >= 15 is 0 Å². The summed E-state index contributed by atoms with van der Waals surface area (Å²) < 4.78 is 0. The molecule has 0 amide bonds. The van der Waals surface area contributed by atoms with Crippen LogP contribution in [0.4, 0.5) is 17.2 Å². The van der Waals surface area contributed by atoms with Gasteiger partial charge >= 0.3 is 0 Å². The molecule has 2 aromatic carbocycles. The molecule has 0 aliphatic carbocycles. The van der Waals surface area contributed by atoms with Gasteiger partial charge in [-0.05, 0) is 24.3 Å². The van der Waals surface area contributed by atoms with Gasteiger partial charge < -0.3 is 5.32 Å². The molecule has 0 radical (unpaired) electrons. The summed E-state index contributed by atoms with van der Waals surface area (Å²) in [4.78, 5) is 23.9. The Morgan fingerprint density at radius 3 is 2.38 bits per heavy atom. The van der Waals surface area contributed by atoms with E-state index in [9.17, 15) is 10.1 Å². The second kappa shape index (κ2) is 6.56. The largest absolute Gasteiger partial charge is 0.340 e. The topological polar surface area (TPSA) is 93.8 Å². The molecule has 0 saturated heterocycles. The Labute approximate surface area is 148 Å². The lowest BCUT2D eigenvalue weighted by atomic mass is 10.2. The first-order valence-corrected chi connectivity index (χ1v) is 7.90. The van der Waals surface area contributed by atoms with Crippen LogP contribution in [0.1, 0.15) is 0 Å². The van der Waals surface area contributed by atoms with Gasteiger partial charge in [0.2, 0.25) is 0 Å². The Hall–Kier alpha value is -3.87. The summed E-state index contributed by atoms with van der Waals surface area (Å²) in [6, 6.07) is 19.5. The maximum absolute atomic E-state index is 10.8. The zero-order valence-corrected chi connectivity index (χ0v) is 13.5. The number of anilines is 2. The van der Waals surface area contributed by atoms with Crippen LogP contribution in [-0.4, -0.2) is 19.9 Å². The van der Waals surface area contributed by atoms with Crippen molar-refractivity contribution in [1.29, 1.82) is 0 Å². The van der Waals surface area contributed by atoms with Gasteiger partial charge in [0.25, 0.3) is 5.69 Å². The fourth-order valence-corrected chi connectivity index (χ4v) is 2.58. The van der Waals surface area contributed by atoms with Crippen molar-refractivity contribution >= 4 is 28.2 Å². The predicted octanol–water partition coefficient (Wildman–Crippen LogP) is 4.34. The molecular weight excluding hydrogens is 330 g/mol. The molecule has 1 N–H and O–H groups in total.